The first-order valence-electron chi connectivity index (χ1n) is 8.87. The first-order valence-corrected chi connectivity index (χ1v) is 8.87. The van der Waals surface area contributed by atoms with E-state index < -0.39 is 0 Å². The van der Waals surface area contributed by atoms with E-state index in [2.05, 4.69) is 16.9 Å². The van der Waals surface area contributed by atoms with Crippen LogP contribution in [0, 0.1) is 12.8 Å². The van der Waals surface area contributed by atoms with Crippen molar-refractivity contribution in [2.75, 3.05) is 18.4 Å². The first kappa shape index (κ1) is 17.4. The highest BCUT2D eigenvalue weighted by Gasteiger charge is 2.26. The number of para-hydroxylation sites is 1. The molecule has 25 heavy (non-hydrogen) atoms. The molecular weight excluding hydrogens is 312 g/mol. The van der Waals surface area contributed by atoms with Crippen molar-refractivity contribution in [1.82, 2.24) is 9.88 Å². The Hall–Kier alpha value is -2.40. The van der Waals surface area contributed by atoms with Gasteiger partial charge in [0.1, 0.15) is 0 Å². The van der Waals surface area contributed by atoms with Crippen LogP contribution in [0.4, 0.5) is 10.5 Å². The van der Waals surface area contributed by atoms with Crippen LogP contribution in [-0.2, 0) is 0 Å². The molecule has 3 rings (SSSR count). The van der Waals surface area contributed by atoms with Crippen LogP contribution < -0.4 is 11.1 Å². The maximum atomic E-state index is 12.7. The zero-order chi connectivity index (χ0) is 17.8. The fourth-order valence-corrected chi connectivity index (χ4v) is 3.52. The van der Waals surface area contributed by atoms with E-state index in [-0.39, 0.29) is 12.1 Å². The Balaban J connectivity index is 1.67. The molecule has 0 saturated carbocycles. The fraction of sp³-hybridized carbons (Fsp3) is 0.400. The highest BCUT2D eigenvalue weighted by atomic mass is 16.2. The number of carbonyl (C=O) groups excluding carboxylic acids is 1. The largest absolute Gasteiger partial charge is 0.327 e. The molecular formula is C20H26N4O. The number of rotatable bonds is 4. The molecule has 3 N–H and O–H groups in total. The van der Waals surface area contributed by atoms with Gasteiger partial charge in [0.05, 0.1) is 11.2 Å². The van der Waals surface area contributed by atoms with Gasteiger partial charge in [-0.3, -0.25) is 4.98 Å². The number of piperidine rings is 1. The molecule has 1 aliphatic rings. The summed E-state index contributed by atoms with van der Waals surface area (Å²) in [6, 6.07) is 9.88. The van der Waals surface area contributed by atoms with Crippen LogP contribution >= 0.6 is 0 Å². The molecule has 1 saturated heterocycles. The zero-order valence-corrected chi connectivity index (χ0v) is 14.7. The Bertz CT molecular complexity index is 765. The van der Waals surface area contributed by atoms with Gasteiger partial charge in [-0.25, -0.2) is 4.79 Å². The van der Waals surface area contributed by atoms with E-state index in [9.17, 15) is 4.79 Å². The molecule has 5 heteroatoms. The van der Waals surface area contributed by atoms with Crippen molar-refractivity contribution >= 4 is 22.6 Å². The number of benzene rings is 1. The third kappa shape index (κ3) is 3.99. The predicted octanol–water partition coefficient (Wildman–Crippen LogP) is 3.69. The lowest BCUT2D eigenvalue weighted by Crippen LogP contribution is -2.44. The number of hydrogen-bond acceptors (Lipinski definition) is 3. The SMILES string of the molecule is C=CCC(N)C1CCN(C(=O)Nc2cc(C)nc3ccccc23)CC1. The van der Waals surface area contributed by atoms with Crippen LogP contribution in [0.5, 0.6) is 0 Å². The number of aryl methyl sites for hydroxylation is 1. The quantitative estimate of drug-likeness (QED) is 0.835. The lowest BCUT2D eigenvalue weighted by molar-refractivity contribution is 0.174. The number of anilines is 1. The molecule has 2 amide bonds. The van der Waals surface area contributed by atoms with Gasteiger partial charge in [0, 0.05) is 30.2 Å². The number of amides is 2. The van der Waals surface area contributed by atoms with Crippen molar-refractivity contribution in [3.63, 3.8) is 0 Å². The van der Waals surface area contributed by atoms with E-state index >= 15 is 0 Å². The van der Waals surface area contributed by atoms with Gasteiger partial charge in [-0.1, -0.05) is 24.3 Å². The molecule has 0 spiro atoms. The number of fused-ring (bicyclic) bond motifs is 1. The fourth-order valence-electron chi connectivity index (χ4n) is 3.52. The molecule has 1 aromatic carbocycles. The van der Waals surface area contributed by atoms with Gasteiger partial charge >= 0.3 is 6.03 Å². The second-order valence-corrected chi connectivity index (χ2v) is 6.77. The number of urea groups is 1. The summed E-state index contributed by atoms with van der Waals surface area (Å²) in [5.74, 6) is 0.464. The lowest BCUT2D eigenvalue weighted by atomic mass is 9.88. The number of hydrogen-bond donors (Lipinski definition) is 2. The highest BCUT2D eigenvalue weighted by molar-refractivity contribution is 6.00. The van der Waals surface area contributed by atoms with Crippen LogP contribution in [-0.4, -0.2) is 35.0 Å². The van der Waals surface area contributed by atoms with Crippen LogP contribution in [0.3, 0.4) is 0 Å². The number of aromatic nitrogens is 1. The van der Waals surface area contributed by atoms with E-state index in [0.29, 0.717) is 5.92 Å². The van der Waals surface area contributed by atoms with E-state index in [0.717, 1.165) is 54.6 Å². The van der Waals surface area contributed by atoms with Crippen molar-refractivity contribution in [2.24, 2.45) is 11.7 Å². The van der Waals surface area contributed by atoms with Gasteiger partial charge < -0.3 is 16.0 Å². The molecule has 1 aromatic heterocycles. The summed E-state index contributed by atoms with van der Waals surface area (Å²) in [5, 5.41) is 4.03. The van der Waals surface area contributed by atoms with Gasteiger partial charge in [0.2, 0.25) is 0 Å². The van der Waals surface area contributed by atoms with Crippen molar-refractivity contribution in [2.45, 2.75) is 32.2 Å². The molecule has 1 fully saturated rings. The Morgan fingerprint density at radius 3 is 2.88 bits per heavy atom. The van der Waals surface area contributed by atoms with Gasteiger partial charge in [-0.05, 0) is 44.2 Å². The molecule has 5 nitrogen and oxygen atoms in total. The summed E-state index contributed by atoms with van der Waals surface area (Å²) < 4.78 is 0. The molecule has 0 aliphatic carbocycles. The number of nitrogens with one attached hydrogen (secondary N) is 1. The zero-order valence-electron chi connectivity index (χ0n) is 14.7. The minimum absolute atomic E-state index is 0.0495. The maximum Gasteiger partial charge on any atom is 0.321 e. The first-order chi connectivity index (χ1) is 12.1. The molecule has 1 atom stereocenters. The average Bonchev–Trinajstić information content (AvgIpc) is 2.62. The summed E-state index contributed by atoms with van der Waals surface area (Å²) in [6.07, 6.45) is 4.59. The van der Waals surface area contributed by atoms with E-state index in [1.165, 1.54) is 0 Å². The highest BCUT2D eigenvalue weighted by Crippen LogP contribution is 2.25. The Morgan fingerprint density at radius 2 is 2.16 bits per heavy atom. The van der Waals surface area contributed by atoms with Crippen LogP contribution in [0.1, 0.15) is 25.0 Å². The number of nitrogens with two attached hydrogens (primary N) is 1. The Kier molecular flexibility index (Phi) is 5.34. The van der Waals surface area contributed by atoms with Gasteiger partial charge in [-0.15, -0.1) is 6.58 Å². The summed E-state index contributed by atoms with van der Waals surface area (Å²) in [6.45, 7) is 7.18. The second kappa shape index (κ2) is 7.66. The second-order valence-electron chi connectivity index (χ2n) is 6.77. The summed E-state index contributed by atoms with van der Waals surface area (Å²) in [4.78, 5) is 19.1. The van der Waals surface area contributed by atoms with Crippen LogP contribution in [0.25, 0.3) is 10.9 Å². The van der Waals surface area contributed by atoms with Crippen molar-refractivity contribution in [3.8, 4) is 0 Å². The summed E-state index contributed by atoms with van der Waals surface area (Å²) in [7, 11) is 0. The van der Waals surface area contributed by atoms with E-state index in [1.54, 1.807) is 0 Å². The number of carbonyl (C=O) groups is 1. The molecule has 0 bridgehead atoms. The Morgan fingerprint density at radius 1 is 1.44 bits per heavy atom. The molecule has 2 aromatic rings. The third-order valence-electron chi connectivity index (χ3n) is 4.96. The number of nitrogens with zero attached hydrogens (tertiary/aromatic N) is 2. The molecule has 1 aliphatic heterocycles. The topological polar surface area (TPSA) is 71.2 Å². The maximum absolute atomic E-state index is 12.7. The minimum atomic E-state index is -0.0495. The Labute approximate surface area is 148 Å². The van der Waals surface area contributed by atoms with E-state index in [1.807, 2.05) is 48.2 Å². The van der Waals surface area contributed by atoms with Crippen LogP contribution in [0.15, 0.2) is 43.0 Å². The lowest BCUT2D eigenvalue weighted by Gasteiger charge is -2.34. The summed E-state index contributed by atoms with van der Waals surface area (Å²) in [5.41, 5.74) is 8.79. The summed E-state index contributed by atoms with van der Waals surface area (Å²) >= 11 is 0. The molecule has 132 valence electrons. The molecule has 1 unspecified atom stereocenters. The standard InChI is InChI=1S/C20H26N4O/c1-3-6-17(21)15-9-11-24(12-10-15)20(25)23-19-13-14(2)22-18-8-5-4-7-16(18)19/h3-5,7-8,13,15,17H,1,6,9-12,21H2,2H3,(H,22,23,25). The number of pyridine rings is 1. The normalized spacial score (nSPS) is 16.6. The van der Waals surface area contributed by atoms with Crippen molar-refractivity contribution < 1.29 is 4.79 Å². The minimum Gasteiger partial charge on any atom is -0.327 e. The smallest absolute Gasteiger partial charge is 0.321 e. The van der Waals surface area contributed by atoms with Gasteiger partial charge in [0.15, 0.2) is 0 Å². The van der Waals surface area contributed by atoms with Crippen LogP contribution in [0.2, 0.25) is 0 Å². The van der Waals surface area contributed by atoms with Gasteiger partial charge in [0.25, 0.3) is 0 Å². The monoisotopic (exact) mass is 338 g/mol. The molecule has 2 heterocycles. The molecule has 0 radical (unpaired) electrons. The number of likely N-dealkylation sites (tertiary alicyclic amines) is 1. The van der Waals surface area contributed by atoms with Crippen molar-refractivity contribution in [3.05, 3.63) is 48.7 Å². The average molecular weight is 338 g/mol. The van der Waals surface area contributed by atoms with Gasteiger partial charge in [-0.2, -0.15) is 0 Å². The van der Waals surface area contributed by atoms with E-state index in [4.69, 9.17) is 5.73 Å². The van der Waals surface area contributed by atoms with Crippen molar-refractivity contribution in [1.29, 1.82) is 0 Å². The third-order valence-corrected chi connectivity index (χ3v) is 4.96. The predicted molar refractivity (Wildman–Crippen MR) is 103 cm³/mol.